The van der Waals surface area contributed by atoms with Gasteiger partial charge < -0.3 is 5.32 Å². The van der Waals surface area contributed by atoms with Gasteiger partial charge in [-0.25, -0.2) is 15.4 Å². The molecule has 0 saturated carbocycles. The quantitative estimate of drug-likeness (QED) is 0.281. The molecule has 0 atom stereocenters. The van der Waals surface area contributed by atoms with Gasteiger partial charge in [0.05, 0.1) is 16.4 Å². The van der Waals surface area contributed by atoms with Crippen molar-refractivity contribution in [2.45, 2.75) is 0 Å². The van der Waals surface area contributed by atoms with Crippen LogP contribution in [-0.4, -0.2) is 39.1 Å². The van der Waals surface area contributed by atoms with Crippen molar-refractivity contribution in [2.75, 3.05) is 11.9 Å². The van der Waals surface area contributed by atoms with Gasteiger partial charge >= 0.3 is 0 Å². The molecule has 12 heteroatoms. The number of carbonyl (C=O) groups is 2. The summed E-state index contributed by atoms with van der Waals surface area (Å²) in [4.78, 5) is 50.8. The van der Waals surface area contributed by atoms with E-state index in [0.717, 1.165) is 5.01 Å². The molecule has 0 bridgehead atoms. The number of amides is 2. The summed E-state index contributed by atoms with van der Waals surface area (Å²) in [5, 5.41) is 25.6. The van der Waals surface area contributed by atoms with E-state index in [2.05, 4.69) is 15.7 Å². The van der Waals surface area contributed by atoms with Crippen molar-refractivity contribution in [3.63, 3.8) is 0 Å². The lowest BCUT2D eigenvalue weighted by atomic mass is 10.1. The average molecular weight is 486 g/mol. The lowest BCUT2D eigenvalue weighted by molar-refractivity contribution is -0.385. The molecule has 36 heavy (non-hydrogen) atoms. The zero-order valence-corrected chi connectivity index (χ0v) is 18.5. The van der Waals surface area contributed by atoms with E-state index in [1.54, 1.807) is 36.4 Å². The van der Waals surface area contributed by atoms with E-state index in [0.29, 0.717) is 16.8 Å². The van der Waals surface area contributed by atoms with Gasteiger partial charge in [-0.2, -0.15) is 0 Å². The summed E-state index contributed by atoms with van der Waals surface area (Å²) >= 11 is 0. The Morgan fingerprint density at radius 1 is 0.917 bits per heavy atom. The Morgan fingerprint density at radius 3 is 2.28 bits per heavy atom. The number of nitrogens with one attached hydrogen (secondary N) is 2. The summed E-state index contributed by atoms with van der Waals surface area (Å²) in [6.45, 7) is -0.307. The summed E-state index contributed by atoms with van der Waals surface area (Å²) in [5.74, 6) is -0.802. The van der Waals surface area contributed by atoms with Gasteiger partial charge in [0, 0.05) is 35.5 Å². The molecule has 3 aromatic carbocycles. The van der Waals surface area contributed by atoms with E-state index in [9.17, 15) is 29.8 Å². The van der Waals surface area contributed by atoms with Crippen LogP contribution in [0.1, 0.15) is 11.1 Å². The molecule has 12 nitrogen and oxygen atoms in total. The van der Waals surface area contributed by atoms with Crippen molar-refractivity contribution in [3.8, 4) is 0 Å². The van der Waals surface area contributed by atoms with Crippen LogP contribution >= 0.6 is 0 Å². The summed E-state index contributed by atoms with van der Waals surface area (Å²) in [5.41, 5.74) is 3.92. The number of nitro benzene ring substituents is 2. The first kappa shape index (κ1) is 23.9. The molecule has 1 aliphatic rings. The predicted molar refractivity (Wildman–Crippen MR) is 131 cm³/mol. The van der Waals surface area contributed by atoms with Crippen molar-refractivity contribution in [1.29, 1.82) is 0 Å². The standard InChI is InChI=1S/C24H18N6O6/c31-22(26-18-9-11-19(12-10-18)29(33)34)15-25-28-23(17-6-2-1-3-7-17)27-21(24(28)32)14-16-5-4-8-20(13-16)30(35)36/h1-14,25H,15H2,(H,26,31)/b21-14-. The van der Waals surface area contributed by atoms with Crippen LogP contribution in [0.5, 0.6) is 0 Å². The maximum absolute atomic E-state index is 13.1. The highest BCUT2D eigenvalue weighted by molar-refractivity contribution is 6.19. The van der Waals surface area contributed by atoms with Crippen LogP contribution in [0.2, 0.25) is 0 Å². The van der Waals surface area contributed by atoms with E-state index in [4.69, 9.17) is 0 Å². The van der Waals surface area contributed by atoms with Crippen molar-refractivity contribution in [1.82, 2.24) is 10.4 Å². The van der Waals surface area contributed by atoms with Gasteiger partial charge in [-0.15, -0.1) is 0 Å². The molecule has 2 amide bonds. The van der Waals surface area contributed by atoms with Gasteiger partial charge in [0.1, 0.15) is 5.70 Å². The summed E-state index contributed by atoms with van der Waals surface area (Å²) in [6.07, 6.45) is 1.43. The maximum atomic E-state index is 13.1. The van der Waals surface area contributed by atoms with Crippen molar-refractivity contribution >= 4 is 40.8 Å². The van der Waals surface area contributed by atoms with Gasteiger partial charge in [0.15, 0.2) is 5.84 Å². The topological polar surface area (TPSA) is 160 Å². The number of hydrogen-bond acceptors (Lipinski definition) is 8. The van der Waals surface area contributed by atoms with Crippen LogP contribution in [0.3, 0.4) is 0 Å². The van der Waals surface area contributed by atoms with Crippen molar-refractivity contribution in [2.24, 2.45) is 4.99 Å². The number of hydrogen-bond donors (Lipinski definition) is 2. The number of amidine groups is 1. The number of hydrazine groups is 1. The van der Waals surface area contributed by atoms with Crippen molar-refractivity contribution < 1.29 is 19.4 Å². The maximum Gasteiger partial charge on any atom is 0.292 e. The third-order valence-electron chi connectivity index (χ3n) is 5.04. The monoisotopic (exact) mass is 486 g/mol. The minimum absolute atomic E-state index is 0.0256. The highest BCUT2D eigenvalue weighted by Gasteiger charge is 2.31. The second-order valence-electron chi connectivity index (χ2n) is 7.51. The van der Waals surface area contributed by atoms with Crippen LogP contribution in [-0.2, 0) is 9.59 Å². The fourth-order valence-electron chi connectivity index (χ4n) is 3.35. The van der Waals surface area contributed by atoms with Gasteiger partial charge in [-0.05, 0) is 23.8 Å². The van der Waals surface area contributed by atoms with E-state index >= 15 is 0 Å². The number of nitro groups is 2. The molecule has 0 saturated heterocycles. The number of rotatable bonds is 8. The second-order valence-corrected chi connectivity index (χ2v) is 7.51. The minimum Gasteiger partial charge on any atom is -0.325 e. The Labute approximate surface area is 203 Å². The molecule has 0 aliphatic carbocycles. The zero-order valence-electron chi connectivity index (χ0n) is 18.5. The van der Waals surface area contributed by atoms with Crippen LogP contribution in [0.25, 0.3) is 6.08 Å². The molecule has 4 rings (SSSR count). The average Bonchev–Trinajstić information content (AvgIpc) is 3.18. The normalized spacial score (nSPS) is 14.0. The molecular formula is C24H18N6O6. The molecule has 1 aliphatic heterocycles. The minimum atomic E-state index is -0.552. The lowest BCUT2D eigenvalue weighted by Crippen LogP contribution is -2.47. The first-order valence-electron chi connectivity index (χ1n) is 10.5. The molecule has 180 valence electrons. The Balaban J connectivity index is 1.53. The Bertz CT molecular complexity index is 1400. The molecule has 1 heterocycles. The van der Waals surface area contributed by atoms with Gasteiger partial charge in [0.25, 0.3) is 17.3 Å². The predicted octanol–water partition coefficient (Wildman–Crippen LogP) is 3.28. The fourth-order valence-corrected chi connectivity index (χ4v) is 3.35. The Morgan fingerprint density at radius 2 is 1.61 bits per heavy atom. The lowest BCUT2D eigenvalue weighted by Gasteiger charge is -2.19. The van der Waals surface area contributed by atoms with Crippen LogP contribution in [0.15, 0.2) is 89.6 Å². The van der Waals surface area contributed by atoms with E-state index in [1.165, 1.54) is 48.5 Å². The van der Waals surface area contributed by atoms with E-state index < -0.39 is 21.7 Å². The zero-order chi connectivity index (χ0) is 25.7. The number of benzene rings is 3. The first-order chi connectivity index (χ1) is 17.3. The molecule has 3 aromatic rings. The summed E-state index contributed by atoms with van der Waals surface area (Å²) < 4.78 is 0. The van der Waals surface area contributed by atoms with Crippen LogP contribution in [0, 0.1) is 20.2 Å². The second kappa shape index (κ2) is 10.4. The molecule has 0 unspecified atom stereocenters. The molecule has 0 spiro atoms. The molecular weight excluding hydrogens is 468 g/mol. The largest absolute Gasteiger partial charge is 0.325 e. The van der Waals surface area contributed by atoms with E-state index in [1.807, 2.05) is 0 Å². The molecule has 0 radical (unpaired) electrons. The van der Waals surface area contributed by atoms with Gasteiger partial charge in [-0.1, -0.05) is 42.5 Å². The summed E-state index contributed by atoms with van der Waals surface area (Å²) in [7, 11) is 0. The van der Waals surface area contributed by atoms with E-state index in [-0.39, 0.29) is 29.5 Å². The fraction of sp³-hybridized carbons (Fsp3) is 0.0417. The number of aliphatic imine (C=N–C) groups is 1. The third-order valence-corrected chi connectivity index (χ3v) is 5.04. The third kappa shape index (κ3) is 5.46. The summed E-state index contributed by atoms with van der Waals surface area (Å²) in [6, 6.07) is 19.9. The molecule has 2 N–H and O–H groups in total. The molecule has 0 fully saturated rings. The number of anilines is 1. The Hall–Kier alpha value is -5.23. The Kier molecular flexibility index (Phi) is 6.88. The number of carbonyl (C=O) groups excluding carboxylic acids is 2. The van der Waals surface area contributed by atoms with Gasteiger partial charge in [-0.3, -0.25) is 29.8 Å². The SMILES string of the molecule is O=C(CNN1C(=O)/C(=C/c2cccc([N+](=O)[O-])c2)N=C1c1ccccc1)Nc1ccc([N+](=O)[O-])cc1. The highest BCUT2D eigenvalue weighted by atomic mass is 16.6. The smallest absolute Gasteiger partial charge is 0.292 e. The van der Waals surface area contributed by atoms with Gasteiger partial charge in [0.2, 0.25) is 5.91 Å². The number of nitrogens with zero attached hydrogens (tertiary/aromatic N) is 4. The van der Waals surface area contributed by atoms with Crippen molar-refractivity contribution in [3.05, 3.63) is 116 Å². The highest BCUT2D eigenvalue weighted by Crippen LogP contribution is 2.22. The molecule has 0 aromatic heterocycles. The van der Waals surface area contributed by atoms with Crippen LogP contribution in [0.4, 0.5) is 17.1 Å². The first-order valence-corrected chi connectivity index (χ1v) is 10.5. The van der Waals surface area contributed by atoms with Crippen LogP contribution < -0.4 is 10.7 Å². The number of non-ortho nitro benzene ring substituents is 2.